The average Bonchev–Trinajstić information content (AvgIpc) is 2.28. The van der Waals surface area contributed by atoms with Crippen molar-refractivity contribution >= 4 is 0 Å². The molecule has 0 aliphatic heterocycles. The molecule has 0 rings (SSSR count). The van der Waals surface area contributed by atoms with Gasteiger partial charge in [0.2, 0.25) is 0 Å². The molecule has 0 aromatic carbocycles. The van der Waals surface area contributed by atoms with Crippen LogP contribution < -0.4 is 0 Å². The van der Waals surface area contributed by atoms with Gasteiger partial charge in [0.1, 0.15) is 0 Å². The zero-order valence-electron chi connectivity index (χ0n) is 12.7. The summed E-state index contributed by atoms with van der Waals surface area (Å²) in [4.78, 5) is 0. The molecule has 0 amide bonds. The molecule has 0 bridgehead atoms. The molecule has 0 N–H and O–H groups in total. The molecule has 0 nitrogen and oxygen atoms in total. The maximum atomic E-state index is 3.90. The van der Waals surface area contributed by atoms with E-state index in [4.69, 9.17) is 0 Å². The first-order valence-corrected chi connectivity index (χ1v) is 7.91. The van der Waals surface area contributed by atoms with Crippen molar-refractivity contribution in [1.82, 2.24) is 0 Å². The first kappa shape index (κ1) is 17.0. The van der Waals surface area contributed by atoms with Crippen LogP contribution in [0.5, 0.6) is 0 Å². The van der Waals surface area contributed by atoms with Crippen LogP contribution in [0.2, 0.25) is 0 Å². The molecule has 0 spiro atoms. The molecule has 0 aromatic rings. The molecule has 17 heavy (non-hydrogen) atoms. The lowest BCUT2D eigenvalue weighted by Gasteiger charge is -2.24. The first-order chi connectivity index (χ1) is 8.12. The van der Waals surface area contributed by atoms with Crippen LogP contribution in [0.25, 0.3) is 0 Å². The Balaban J connectivity index is 3.38. The van der Waals surface area contributed by atoms with E-state index in [0.717, 1.165) is 6.42 Å². The molecule has 0 unspecified atom stereocenters. The van der Waals surface area contributed by atoms with E-state index >= 15 is 0 Å². The summed E-state index contributed by atoms with van der Waals surface area (Å²) >= 11 is 0. The molecule has 0 saturated heterocycles. The number of hydrogen-bond donors (Lipinski definition) is 0. The molecule has 0 saturated carbocycles. The van der Waals surface area contributed by atoms with Crippen molar-refractivity contribution in [3.8, 4) is 0 Å². The average molecular weight is 239 g/mol. The van der Waals surface area contributed by atoms with Crippen molar-refractivity contribution in [3.05, 3.63) is 6.92 Å². The van der Waals surface area contributed by atoms with Crippen molar-refractivity contribution in [1.29, 1.82) is 0 Å². The van der Waals surface area contributed by atoms with Crippen LogP contribution in [0.1, 0.15) is 97.8 Å². The molecule has 0 fully saturated rings. The van der Waals surface area contributed by atoms with Crippen LogP contribution in [-0.4, -0.2) is 0 Å². The number of rotatable bonds is 12. The molecular formula is C17H35. The van der Waals surface area contributed by atoms with Crippen molar-refractivity contribution in [2.75, 3.05) is 0 Å². The van der Waals surface area contributed by atoms with Crippen molar-refractivity contribution in [2.45, 2.75) is 97.8 Å². The molecule has 1 radical (unpaired) electrons. The summed E-state index contributed by atoms with van der Waals surface area (Å²) in [5.74, 6) is 0. The van der Waals surface area contributed by atoms with E-state index in [9.17, 15) is 0 Å². The fraction of sp³-hybridized carbons (Fsp3) is 0.941. The van der Waals surface area contributed by atoms with Crippen LogP contribution in [0, 0.1) is 12.3 Å². The molecule has 0 atom stereocenters. The number of unbranched alkanes of at least 4 members (excludes halogenated alkanes) is 8. The SMILES string of the molecule is [CH2]CCCCCCC(C)(C)CCCCCCC. The normalized spacial score (nSPS) is 12.0. The predicted octanol–water partition coefficient (Wildman–Crippen LogP) is 6.55. The fourth-order valence-electron chi connectivity index (χ4n) is 2.47. The number of hydrogen-bond acceptors (Lipinski definition) is 0. The highest BCUT2D eigenvalue weighted by molar-refractivity contribution is 4.68. The van der Waals surface area contributed by atoms with Crippen molar-refractivity contribution in [2.24, 2.45) is 5.41 Å². The van der Waals surface area contributed by atoms with Crippen molar-refractivity contribution in [3.63, 3.8) is 0 Å². The third kappa shape index (κ3) is 12.2. The third-order valence-corrected chi connectivity index (χ3v) is 3.81. The summed E-state index contributed by atoms with van der Waals surface area (Å²) in [6, 6.07) is 0. The van der Waals surface area contributed by atoms with E-state index < -0.39 is 0 Å². The van der Waals surface area contributed by atoms with E-state index in [1.807, 2.05) is 0 Å². The Labute approximate surface area is 111 Å². The predicted molar refractivity (Wildman–Crippen MR) is 80.2 cm³/mol. The zero-order chi connectivity index (χ0) is 13.0. The highest BCUT2D eigenvalue weighted by Gasteiger charge is 2.16. The van der Waals surface area contributed by atoms with Crippen LogP contribution in [0.3, 0.4) is 0 Å². The van der Waals surface area contributed by atoms with Crippen LogP contribution in [0.15, 0.2) is 0 Å². The monoisotopic (exact) mass is 239 g/mol. The van der Waals surface area contributed by atoms with E-state index in [1.165, 1.54) is 70.6 Å². The Hall–Kier alpha value is 0. The smallest absolute Gasteiger partial charge is 0.0354 e. The van der Waals surface area contributed by atoms with Gasteiger partial charge in [0, 0.05) is 0 Å². The van der Waals surface area contributed by atoms with Crippen molar-refractivity contribution < 1.29 is 0 Å². The van der Waals surface area contributed by atoms with E-state index in [0.29, 0.717) is 5.41 Å². The van der Waals surface area contributed by atoms with Crippen LogP contribution in [0.4, 0.5) is 0 Å². The van der Waals surface area contributed by atoms with Gasteiger partial charge in [0.25, 0.3) is 0 Å². The Bertz CT molecular complexity index is 130. The van der Waals surface area contributed by atoms with Gasteiger partial charge in [-0.25, -0.2) is 0 Å². The summed E-state index contributed by atoms with van der Waals surface area (Å²) in [6.45, 7) is 11.1. The molecule has 0 heterocycles. The molecule has 103 valence electrons. The summed E-state index contributed by atoms with van der Waals surface area (Å²) in [5.41, 5.74) is 0.580. The maximum absolute atomic E-state index is 3.90. The van der Waals surface area contributed by atoms with Gasteiger partial charge in [-0.1, -0.05) is 91.9 Å². The van der Waals surface area contributed by atoms with Gasteiger partial charge >= 0.3 is 0 Å². The summed E-state index contributed by atoms with van der Waals surface area (Å²) in [5, 5.41) is 0. The summed E-state index contributed by atoms with van der Waals surface area (Å²) in [7, 11) is 0. The summed E-state index contributed by atoms with van der Waals surface area (Å²) in [6.07, 6.45) is 16.6. The zero-order valence-corrected chi connectivity index (χ0v) is 12.7. The summed E-state index contributed by atoms with van der Waals surface area (Å²) < 4.78 is 0. The van der Waals surface area contributed by atoms with Gasteiger partial charge in [-0.2, -0.15) is 0 Å². The minimum Gasteiger partial charge on any atom is -0.0654 e. The van der Waals surface area contributed by atoms with Gasteiger partial charge in [-0.3, -0.25) is 0 Å². The highest BCUT2D eigenvalue weighted by Crippen LogP contribution is 2.30. The maximum Gasteiger partial charge on any atom is -0.0354 e. The van der Waals surface area contributed by atoms with Gasteiger partial charge in [0.15, 0.2) is 0 Å². The van der Waals surface area contributed by atoms with Gasteiger partial charge in [0.05, 0.1) is 0 Å². The van der Waals surface area contributed by atoms with E-state index in [1.54, 1.807) is 0 Å². The molecule has 0 heteroatoms. The molecule has 0 aliphatic rings. The Morgan fingerprint density at radius 3 is 1.65 bits per heavy atom. The van der Waals surface area contributed by atoms with Gasteiger partial charge in [-0.15, -0.1) is 0 Å². The second-order valence-electron chi connectivity index (χ2n) is 6.35. The largest absolute Gasteiger partial charge is 0.0654 e. The van der Waals surface area contributed by atoms with E-state index in [-0.39, 0.29) is 0 Å². The van der Waals surface area contributed by atoms with Crippen LogP contribution >= 0.6 is 0 Å². The second-order valence-corrected chi connectivity index (χ2v) is 6.35. The molecule has 0 aromatic heterocycles. The Morgan fingerprint density at radius 1 is 0.706 bits per heavy atom. The lowest BCUT2D eigenvalue weighted by atomic mass is 9.82. The standard InChI is InChI=1S/C17H35/c1-5-7-9-11-13-15-17(3,4)16-14-12-10-8-6-2/h1,5-16H2,2-4H3. The third-order valence-electron chi connectivity index (χ3n) is 3.81. The minimum absolute atomic E-state index is 0.580. The Kier molecular flexibility index (Phi) is 11.1. The van der Waals surface area contributed by atoms with Crippen LogP contribution in [-0.2, 0) is 0 Å². The molecular weight excluding hydrogens is 204 g/mol. The second kappa shape index (κ2) is 11.1. The lowest BCUT2D eigenvalue weighted by molar-refractivity contribution is 0.282. The minimum atomic E-state index is 0.580. The van der Waals surface area contributed by atoms with E-state index in [2.05, 4.69) is 27.7 Å². The van der Waals surface area contributed by atoms with Gasteiger partial charge < -0.3 is 0 Å². The Morgan fingerprint density at radius 2 is 1.18 bits per heavy atom. The fourth-order valence-corrected chi connectivity index (χ4v) is 2.47. The highest BCUT2D eigenvalue weighted by atomic mass is 14.2. The quantitative estimate of drug-likeness (QED) is 0.339. The molecule has 0 aliphatic carbocycles. The lowest BCUT2D eigenvalue weighted by Crippen LogP contribution is -2.11. The van der Waals surface area contributed by atoms with Gasteiger partial charge in [-0.05, 0) is 18.3 Å². The topological polar surface area (TPSA) is 0 Å². The first-order valence-electron chi connectivity index (χ1n) is 7.91.